The Morgan fingerprint density at radius 2 is 2.08 bits per heavy atom. The lowest BCUT2D eigenvalue weighted by Crippen LogP contribution is -2.03. The molecule has 1 aromatic carbocycles. The van der Waals surface area contributed by atoms with Crippen LogP contribution in [0.2, 0.25) is 0 Å². The molecule has 0 bridgehead atoms. The van der Waals surface area contributed by atoms with Crippen LogP contribution < -0.4 is 5.73 Å². The Hall–Kier alpha value is -0.640. The van der Waals surface area contributed by atoms with Crippen molar-refractivity contribution in [3.05, 3.63) is 29.3 Å². The van der Waals surface area contributed by atoms with Gasteiger partial charge in [-0.3, -0.25) is 0 Å². The van der Waals surface area contributed by atoms with Gasteiger partial charge < -0.3 is 5.73 Å². The number of rotatable bonds is 1. The zero-order chi connectivity index (χ0) is 8.55. The molecule has 2 nitrogen and oxygen atoms in total. The lowest BCUT2D eigenvalue weighted by atomic mass is 10.3. The van der Waals surface area contributed by atoms with E-state index >= 15 is 0 Å². The van der Waals surface area contributed by atoms with E-state index in [1.807, 2.05) is 25.1 Å². The summed E-state index contributed by atoms with van der Waals surface area (Å²) in [5.74, 6) is 0. The summed E-state index contributed by atoms with van der Waals surface area (Å²) >= 11 is 1.67. The molecule has 1 unspecified atom stereocenters. The van der Waals surface area contributed by atoms with Gasteiger partial charge >= 0.3 is 0 Å². The first kappa shape index (κ1) is 10.4. The van der Waals surface area contributed by atoms with Crippen LogP contribution in [0.3, 0.4) is 0 Å². The smallest absolute Gasteiger partial charge is 0.110 e. The van der Waals surface area contributed by atoms with Crippen LogP contribution in [0.4, 0.5) is 0 Å². The Labute approximate surface area is 87.2 Å². The fraction of sp³-hybridized carbons (Fsp3) is 0.222. The maximum Gasteiger partial charge on any atom is 0.110 e. The predicted octanol–water partition coefficient (Wildman–Crippen LogP) is 2.74. The van der Waals surface area contributed by atoms with Crippen LogP contribution in [-0.2, 0) is 0 Å². The van der Waals surface area contributed by atoms with E-state index in [0.717, 1.165) is 10.5 Å². The van der Waals surface area contributed by atoms with Crippen LogP contribution in [0, 0.1) is 0 Å². The van der Waals surface area contributed by atoms with Crippen LogP contribution in [0.1, 0.15) is 18.0 Å². The topological polar surface area (TPSA) is 38.9 Å². The van der Waals surface area contributed by atoms with Gasteiger partial charge in [0.15, 0.2) is 0 Å². The molecule has 70 valence electrons. The summed E-state index contributed by atoms with van der Waals surface area (Å²) in [4.78, 5) is 4.41. The highest BCUT2D eigenvalue weighted by Gasteiger charge is 2.05. The number of thiazole rings is 1. The molecule has 0 aliphatic carbocycles. The summed E-state index contributed by atoms with van der Waals surface area (Å²) in [6.45, 7) is 1.96. The molecule has 2 rings (SSSR count). The highest BCUT2D eigenvalue weighted by Crippen LogP contribution is 2.24. The standard InChI is InChI=1S/C9H10N2S.ClH/c1-6(10)9-11-7-4-2-3-5-8(7)12-9;/h2-6H,10H2,1H3;1H. The van der Waals surface area contributed by atoms with Gasteiger partial charge in [-0.1, -0.05) is 12.1 Å². The van der Waals surface area contributed by atoms with Crippen LogP contribution >= 0.6 is 23.7 Å². The summed E-state index contributed by atoms with van der Waals surface area (Å²) < 4.78 is 1.21. The molecule has 2 aromatic rings. The zero-order valence-corrected chi connectivity index (χ0v) is 8.86. The molecule has 4 heteroatoms. The lowest BCUT2D eigenvalue weighted by Gasteiger charge is -1.95. The van der Waals surface area contributed by atoms with Gasteiger partial charge in [0.2, 0.25) is 0 Å². The third-order valence-electron chi connectivity index (χ3n) is 1.70. The van der Waals surface area contributed by atoms with Gasteiger partial charge in [-0.05, 0) is 19.1 Å². The van der Waals surface area contributed by atoms with Crippen LogP contribution in [-0.4, -0.2) is 4.98 Å². The molecule has 1 atom stereocenters. The number of benzene rings is 1. The van der Waals surface area contributed by atoms with E-state index in [1.54, 1.807) is 11.3 Å². The highest BCUT2D eigenvalue weighted by molar-refractivity contribution is 7.18. The van der Waals surface area contributed by atoms with Crippen molar-refractivity contribution in [1.82, 2.24) is 4.98 Å². The third-order valence-corrected chi connectivity index (χ3v) is 2.94. The summed E-state index contributed by atoms with van der Waals surface area (Å²) in [6, 6.07) is 8.14. The number of aromatic nitrogens is 1. The third kappa shape index (κ3) is 1.99. The second-order valence-electron chi connectivity index (χ2n) is 2.81. The largest absolute Gasteiger partial charge is 0.322 e. The Morgan fingerprint density at radius 1 is 1.38 bits per heavy atom. The molecule has 13 heavy (non-hydrogen) atoms. The van der Waals surface area contributed by atoms with E-state index in [-0.39, 0.29) is 18.4 Å². The number of hydrogen-bond donors (Lipinski definition) is 1. The molecule has 0 fully saturated rings. The van der Waals surface area contributed by atoms with Gasteiger partial charge in [0, 0.05) is 0 Å². The van der Waals surface area contributed by atoms with Crippen molar-refractivity contribution >= 4 is 34.0 Å². The Morgan fingerprint density at radius 3 is 2.69 bits per heavy atom. The first-order chi connectivity index (χ1) is 5.77. The Kier molecular flexibility index (Phi) is 3.25. The maximum atomic E-state index is 5.73. The van der Waals surface area contributed by atoms with E-state index < -0.39 is 0 Å². The van der Waals surface area contributed by atoms with Gasteiger partial charge in [0.05, 0.1) is 16.3 Å². The first-order valence-electron chi connectivity index (χ1n) is 3.88. The normalized spacial score (nSPS) is 12.5. The van der Waals surface area contributed by atoms with Gasteiger partial charge in [0.1, 0.15) is 5.01 Å². The number of halogens is 1. The van der Waals surface area contributed by atoms with Crippen LogP contribution in [0.15, 0.2) is 24.3 Å². The van der Waals surface area contributed by atoms with Crippen molar-refractivity contribution in [3.8, 4) is 0 Å². The molecule has 0 radical (unpaired) electrons. The van der Waals surface area contributed by atoms with Crippen molar-refractivity contribution in [2.45, 2.75) is 13.0 Å². The molecular weight excluding hydrogens is 204 g/mol. The summed E-state index contributed by atoms with van der Waals surface area (Å²) in [6.07, 6.45) is 0. The minimum Gasteiger partial charge on any atom is -0.322 e. The number of para-hydroxylation sites is 1. The minimum atomic E-state index is 0. The molecule has 0 aliphatic heterocycles. The fourth-order valence-electron chi connectivity index (χ4n) is 1.08. The van der Waals surface area contributed by atoms with Crippen molar-refractivity contribution in [2.75, 3.05) is 0 Å². The zero-order valence-electron chi connectivity index (χ0n) is 7.23. The predicted molar refractivity (Wildman–Crippen MR) is 59.5 cm³/mol. The van der Waals surface area contributed by atoms with Crippen LogP contribution in [0.5, 0.6) is 0 Å². The quantitative estimate of drug-likeness (QED) is 0.793. The minimum absolute atomic E-state index is 0. The SMILES string of the molecule is CC(N)c1nc2ccccc2s1.Cl. The van der Waals surface area contributed by atoms with E-state index in [0.29, 0.717) is 0 Å². The van der Waals surface area contributed by atoms with E-state index in [1.165, 1.54) is 4.70 Å². The number of hydrogen-bond acceptors (Lipinski definition) is 3. The molecule has 0 saturated carbocycles. The van der Waals surface area contributed by atoms with Gasteiger partial charge in [-0.2, -0.15) is 0 Å². The lowest BCUT2D eigenvalue weighted by molar-refractivity contribution is 0.810. The summed E-state index contributed by atoms with van der Waals surface area (Å²) in [7, 11) is 0. The molecule has 0 amide bonds. The first-order valence-corrected chi connectivity index (χ1v) is 4.70. The van der Waals surface area contributed by atoms with Gasteiger partial charge in [-0.15, -0.1) is 23.7 Å². The van der Waals surface area contributed by atoms with Gasteiger partial charge in [0.25, 0.3) is 0 Å². The molecule has 2 N–H and O–H groups in total. The highest BCUT2D eigenvalue weighted by atomic mass is 35.5. The Balaban J connectivity index is 0.000000845. The number of nitrogens with zero attached hydrogens (tertiary/aromatic N) is 1. The van der Waals surface area contributed by atoms with Crippen molar-refractivity contribution in [2.24, 2.45) is 5.73 Å². The second kappa shape index (κ2) is 4.05. The van der Waals surface area contributed by atoms with E-state index in [4.69, 9.17) is 5.73 Å². The van der Waals surface area contributed by atoms with Crippen molar-refractivity contribution in [3.63, 3.8) is 0 Å². The van der Waals surface area contributed by atoms with E-state index in [9.17, 15) is 0 Å². The average Bonchev–Trinajstić information content (AvgIpc) is 2.46. The second-order valence-corrected chi connectivity index (χ2v) is 3.87. The van der Waals surface area contributed by atoms with Crippen LogP contribution in [0.25, 0.3) is 10.2 Å². The van der Waals surface area contributed by atoms with Crippen molar-refractivity contribution in [1.29, 1.82) is 0 Å². The average molecular weight is 215 g/mol. The molecule has 0 aliphatic rings. The summed E-state index contributed by atoms with van der Waals surface area (Å²) in [5, 5.41) is 1.01. The van der Waals surface area contributed by atoms with Crippen molar-refractivity contribution < 1.29 is 0 Å². The molecule has 0 spiro atoms. The summed E-state index contributed by atoms with van der Waals surface area (Å²) in [5.41, 5.74) is 6.78. The molecule has 0 saturated heterocycles. The van der Waals surface area contributed by atoms with E-state index in [2.05, 4.69) is 11.1 Å². The molecular formula is C9H11ClN2S. The molecule has 1 aromatic heterocycles. The maximum absolute atomic E-state index is 5.73. The van der Waals surface area contributed by atoms with Gasteiger partial charge in [-0.25, -0.2) is 4.98 Å². The fourth-order valence-corrected chi connectivity index (χ4v) is 2.00. The number of nitrogens with two attached hydrogens (primary N) is 1. The Bertz CT molecular complexity index is 364. The molecule has 1 heterocycles. The monoisotopic (exact) mass is 214 g/mol. The number of fused-ring (bicyclic) bond motifs is 1.